The molecule has 38 heavy (non-hydrogen) atoms. The number of amides is 1. The number of hydrogen-bond donors (Lipinski definition) is 2. The summed E-state index contributed by atoms with van der Waals surface area (Å²) in [4.78, 5) is 32.8. The van der Waals surface area contributed by atoms with E-state index in [1.54, 1.807) is 42.5 Å². The molecule has 1 atom stereocenters. The van der Waals surface area contributed by atoms with Gasteiger partial charge < -0.3 is 24.4 Å². The minimum atomic E-state index is -1.06. The minimum Gasteiger partial charge on any atom is -0.507 e. The summed E-state index contributed by atoms with van der Waals surface area (Å²) in [5.41, 5.74) is 1.16. The number of thiazole rings is 1. The van der Waals surface area contributed by atoms with E-state index < -0.39 is 17.7 Å². The highest BCUT2D eigenvalue weighted by molar-refractivity contribution is 7.22. The highest BCUT2D eigenvalue weighted by Gasteiger charge is 2.48. The molecule has 1 unspecified atom stereocenters. The maximum atomic E-state index is 13.5. The number of nitrogens with zero attached hydrogens (tertiary/aromatic N) is 2. The third-order valence-electron chi connectivity index (χ3n) is 6.32. The lowest BCUT2D eigenvalue weighted by Crippen LogP contribution is -2.29. The number of aromatic nitrogens is 1. The summed E-state index contributed by atoms with van der Waals surface area (Å²) in [6.07, 6.45) is 0. The Morgan fingerprint density at radius 3 is 2.66 bits per heavy atom. The van der Waals surface area contributed by atoms with Crippen molar-refractivity contribution in [2.24, 2.45) is 0 Å². The topological polar surface area (TPSA) is 118 Å². The van der Waals surface area contributed by atoms with Crippen molar-refractivity contribution < 1.29 is 34.0 Å². The van der Waals surface area contributed by atoms with Crippen molar-refractivity contribution in [1.29, 1.82) is 0 Å². The van der Waals surface area contributed by atoms with Gasteiger partial charge in [-0.05, 0) is 54.1 Å². The Labute approximate surface area is 225 Å². The van der Waals surface area contributed by atoms with Gasteiger partial charge in [0.05, 0.1) is 28.9 Å². The first kappa shape index (κ1) is 24.1. The molecular weight excluding hydrogens is 532 g/mol. The second kappa shape index (κ2) is 9.23. The number of methoxy groups -OCH3 is 1. The van der Waals surface area contributed by atoms with Crippen molar-refractivity contribution in [2.75, 3.05) is 25.2 Å². The highest BCUT2D eigenvalue weighted by Crippen LogP contribution is 2.46. The normalized spacial score (nSPS) is 18.3. The number of carbonyl (C=O) groups excluding carboxylic acids is 2. The minimum absolute atomic E-state index is 0.116. The molecule has 1 fully saturated rings. The van der Waals surface area contributed by atoms with E-state index >= 15 is 0 Å². The van der Waals surface area contributed by atoms with Gasteiger partial charge >= 0.3 is 5.91 Å². The molecule has 2 aliphatic heterocycles. The van der Waals surface area contributed by atoms with Crippen molar-refractivity contribution in [3.63, 3.8) is 0 Å². The van der Waals surface area contributed by atoms with Crippen molar-refractivity contribution >= 4 is 55.7 Å². The van der Waals surface area contributed by atoms with Gasteiger partial charge in [0.25, 0.3) is 5.78 Å². The number of Topliss-reactive ketones (excluding diaryl/α,β-unsaturated/α-hetero) is 1. The second-order valence-corrected chi connectivity index (χ2v) is 10.0. The summed E-state index contributed by atoms with van der Waals surface area (Å²) in [5, 5.41) is 22.4. The first-order valence-corrected chi connectivity index (χ1v) is 12.7. The molecule has 192 valence electrons. The zero-order valence-electron chi connectivity index (χ0n) is 19.8. The molecule has 3 heterocycles. The monoisotopic (exact) mass is 550 g/mol. The van der Waals surface area contributed by atoms with E-state index in [0.717, 1.165) is 4.70 Å². The number of hydrogen-bond acceptors (Lipinski definition) is 9. The molecule has 0 aliphatic carbocycles. The molecule has 0 radical (unpaired) electrons. The third kappa shape index (κ3) is 3.89. The highest BCUT2D eigenvalue weighted by atomic mass is 35.5. The van der Waals surface area contributed by atoms with Crippen LogP contribution in [0.2, 0.25) is 5.02 Å². The summed E-state index contributed by atoms with van der Waals surface area (Å²) in [5.74, 6) is -1.16. The van der Waals surface area contributed by atoms with Gasteiger partial charge in [-0.25, -0.2) is 4.98 Å². The number of anilines is 1. The van der Waals surface area contributed by atoms with Crippen LogP contribution < -0.4 is 19.1 Å². The largest absolute Gasteiger partial charge is 0.507 e. The summed E-state index contributed by atoms with van der Waals surface area (Å²) in [6.45, 7) is 0.746. The van der Waals surface area contributed by atoms with Crippen LogP contribution in [0.25, 0.3) is 16.0 Å². The smallest absolute Gasteiger partial charge is 0.301 e. The number of rotatable bonds is 4. The van der Waals surface area contributed by atoms with Gasteiger partial charge in [-0.2, -0.15) is 0 Å². The van der Waals surface area contributed by atoms with Crippen molar-refractivity contribution in [2.45, 2.75) is 6.04 Å². The average Bonchev–Trinajstić information content (AvgIpc) is 3.45. The van der Waals surface area contributed by atoms with E-state index in [9.17, 15) is 19.8 Å². The van der Waals surface area contributed by atoms with Crippen LogP contribution in [0.5, 0.6) is 23.0 Å². The third-order valence-corrected chi connectivity index (χ3v) is 7.58. The number of benzene rings is 3. The first-order valence-electron chi connectivity index (χ1n) is 11.5. The number of phenols is 1. The second-order valence-electron chi connectivity index (χ2n) is 8.57. The van der Waals surface area contributed by atoms with E-state index in [-0.39, 0.29) is 33.5 Å². The van der Waals surface area contributed by atoms with E-state index in [0.29, 0.717) is 40.8 Å². The SMILES string of the molecule is COc1cc(C2/C(=C(\O)c3ccc4c(c3)OCCO4)C(=O)C(=O)N2c2nc3ccc(Cl)cc3s2)ccc1O. The van der Waals surface area contributed by atoms with Gasteiger partial charge in [0, 0.05) is 10.6 Å². The van der Waals surface area contributed by atoms with E-state index in [1.165, 1.54) is 35.5 Å². The van der Waals surface area contributed by atoms with Crippen molar-refractivity contribution in [1.82, 2.24) is 4.98 Å². The van der Waals surface area contributed by atoms with E-state index in [2.05, 4.69) is 4.98 Å². The Hall–Kier alpha value is -4.28. The predicted molar refractivity (Wildman–Crippen MR) is 142 cm³/mol. The van der Waals surface area contributed by atoms with E-state index in [4.69, 9.17) is 25.8 Å². The lowest BCUT2D eigenvalue weighted by molar-refractivity contribution is -0.132. The Kier molecular flexibility index (Phi) is 5.85. The van der Waals surface area contributed by atoms with E-state index in [1.807, 2.05) is 0 Å². The van der Waals surface area contributed by atoms with Gasteiger partial charge in [0.15, 0.2) is 28.1 Å². The molecule has 3 aromatic carbocycles. The number of aromatic hydroxyl groups is 1. The van der Waals surface area contributed by atoms with Gasteiger partial charge in [-0.3, -0.25) is 14.5 Å². The van der Waals surface area contributed by atoms with Crippen LogP contribution in [-0.2, 0) is 9.59 Å². The molecule has 0 bridgehead atoms. The summed E-state index contributed by atoms with van der Waals surface area (Å²) >= 11 is 7.33. The van der Waals surface area contributed by atoms with Crippen molar-refractivity contribution in [3.05, 3.63) is 76.3 Å². The van der Waals surface area contributed by atoms with Crippen LogP contribution >= 0.6 is 22.9 Å². The molecule has 0 saturated carbocycles. The number of ether oxygens (including phenoxy) is 3. The molecular formula is C27H19ClN2O7S. The lowest BCUT2D eigenvalue weighted by atomic mass is 9.95. The molecule has 6 rings (SSSR count). The van der Waals surface area contributed by atoms with Crippen LogP contribution in [-0.4, -0.2) is 47.2 Å². The molecule has 0 spiro atoms. The summed E-state index contributed by atoms with van der Waals surface area (Å²) < 4.78 is 17.2. The predicted octanol–water partition coefficient (Wildman–Crippen LogP) is 5.06. The summed E-state index contributed by atoms with van der Waals surface area (Å²) in [7, 11) is 1.39. The first-order chi connectivity index (χ1) is 18.4. The van der Waals surface area contributed by atoms with Crippen LogP contribution in [0, 0.1) is 0 Å². The number of halogens is 1. The lowest BCUT2D eigenvalue weighted by Gasteiger charge is -2.24. The maximum absolute atomic E-state index is 13.5. The van der Waals surface area contributed by atoms with Gasteiger partial charge in [-0.1, -0.05) is 29.0 Å². The molecule has 2 N–H and O–H groups in total. The fraction of sp³-hybridized carbons (Fsp3) is 0.148. The fourth-order valence-corrected chi connectivity index (χ4v) is 5.81. The molecule has 9 nitrogen and oxygen atoms in total. The molecule has 1 saturated heterocycles. The quantitative estimate of drug-likeness (QED) is 0.206. The Bertz CT molecular complexity index is 1660. The molecule has 2 aliphatic rings. The molecule has 1 amide bonds. The van der Waals surface area contributed by atoms with Crippen LogP contribution in [0.15, 0.2) is 60.2 Å². The number of aliphatic hydroxyl groups is 1. The molecule has 4 aromatic rings. The van der Waals surface area contributed by atoms with Crippen LogP contribution in [0.4, 0.5) is 5.13 Å². The number of ketones is 1. The summed E-state index contributed by atoms with van der Waals surface area (Å²) in [6, 6.07) is 13.3. The van der Waals surface area contributed by atoms with Gasteiger partial charge in [-0.15, -0.1) is 0 Å². The fourth-order valence-electron chi connectivity index (χ4n) is 4.55. The van der Waals surface area contributed by atoms with Crippen LogP contribution in [0.1, 0.15) is 17.2 Å². The number of carbonyl (C=O) groups is 2. The van der Waals surface area contributed by atoms with Crippen LogP contribution in [0.3, 0.4) is 0 Å². The number of fused-ring (bicyclic) bond motifs is 2. The Morgan fingerprint density at radius 2 is 1.87 bits per heavy atom. The van der Waals surface area contributed by atoms with Gasteiger partial charge in [0.2, 0.25) is 0 Å². The maximum Gasteiger partial charge on any atom is 0.301 e. The Balaban J connectivity index is 1.56. The van der Waals surface area contributed by atoms with Gasteiger partial charge in [0.1, 0.15) is 19.0 Å². The Morgan fingerprint density at radius 1 is 1.08 bits per heavy atom. The van der Waals surface area contributed by atoms with Crippen molar-refractivity contribution in [3.8, 4) is 23.0 Å². The molecule has 11 heteroatoms. The standard InChI is InChI=1S/C27H19ClN2O7S/c1-35-19-10-13(2-6-17(19)31)23-22(24(32)14-3-7-18-20(11-14)37-9-8-36-18)25(33)26(34)30(23)27-29-16-5-4-15(28)12-21(16)38-27/h2-7,10-12,23,31-32H,8-9H2,1H3/b24-22+. The zero-order valence-corrected chi connectivity index (χ0v) is 21.4. The number of phenolic OH excluding ortho intramolecular Hbond substituents is 1. The zero-order chi connectivity index (χ0) is 26.6. The average molecular weight is 551 g/mol. The number of aliphatic hydroxyl groups excluding tert-OH is 1. The molecule has 1 aromatic heterocycles.